The van der Waals surface area contributed by atoms with Gasteiger partial charge in [-0.05, 0) is 43.2 Å². The summed E-state index contributed by atoms with van der Waals surface area (Å²) in [5.41, 5.74) is 0. The summed E-state index contributed by atoms with van der Waals surface area (Å²) in [5, 5.41) is 3.51. The van der Waals surface area contributed by atoms with Crippen LogP contribution >= 0.6 is 11.8 Å². The van der Waals surface area contributed by atoms with E-state index in [1.165, 1.54) is 24.2 Å². The molecule has 0 bridgehead atoms. The minimum atomic E-state index is -2.82. The molecule has 1 fully saturated rings. The van der Waals surface area contributed by atoms with Crippen molar-refractivity contribution in [1.82, 2.24) is 5.32 Å². The van der Waals surface area contributed by atoms with Gasteiger partial charge in [0.2, 0.25) is 0 Å². The average Bonchev–Trinajstić information content (AvgIpc) is 2.69. The third-order valence-corrected chi connectivity index (χ3v) is 5.16. The van der Waals surface area contributed by atoms with Crippen LogP contribution in [0.4, 0.5) is 0 Å². The first-order valence-electron chi connectivity index (χ1n) is 6.02. The summed E-state index contributed by atoms with van der Waals surface area (Å²) in [7, 11) is -2.82. The van der Waals surface area contributed by atoms with Crippen molar-refractivity contribution < 1.29 is 8.42 Å². The van der Waals surface area contributed by atoms with E-state index in [2.05, 4.69) is 12.2 Å². The molecule has 0 radical (unpaired) electrons. The fraction of sp³-hybridized carbons (Fsp3) is 1.00. The predicted octanol–water partition coefficient (Wildman–Crippen LogP) is 1.54. The summed E-state index contributed by atoms with van der Waals surface area (Å²) >= 11 is 1.99. The highest BCUT2D eigenvalue weighted by atomic mass is 32.2. The van der Waals surface area contributed by atoms with Crippen molar-refractivity contribution in [2.75, 3.05) is 30.1 Å². The molecule has 1 saturated heterocycles. The van der Waals surface area contributed by atoms with E-state index in [0.717, 1.165) is 19.4 Å². The third kappa shape index (κ3) is 5.55. The lowest BCUT2D eigenvalue weighted by atomic mass is 9.97. The number of sulfone groups is 1. The monoisotopic (exact) mass is 265 g/mol. The van der Waals surface area contributed by atoms with Crippen LogP contribution in [0.3, 0.4) is 0 Å². The van der Waals surface area contributed by atoms with Crippen LogP contribution in [0, 0.1) is 5.92 Å². The molecule has 0 aromatic heterocycles. The van der Waals surface area contributed by atoms with E-state index in [1.807, 2.05) is 11.8 Å². The summed E-state index contributed by atoms with van der Waals surface area (Å²) < 4.78 is 22.4. The van der Waals surface area contributed by atoms with Crippen LogP contribution in [0.25, 0.3) is 0 Å². The van der Waals surface area contributed by atoms with E-state index < -0.39 is 9.84 Å². The molecule has 0 spiro atoms. The molecule has 2 atom stereocenters. The minimum Gasteiger partial charge on any atom is -0.314 e. The number of nitrogens with one attached hydrogen (secondary N) is 1. The van der Waals surface area contributed by atoms with Crippen LogP contribution in [0.15, 0.2) is 0 Å². The van der Waals surface area contributed by atoms with Crippen molar-refractivity contribution in [2.45, 2.75) is 32.2 Å². The molecule has 0 aromatic carbocycles. The Hall–Kier alpha value is 0.260. The van der Waals surface area contributed by atoms with Gasteiger partial charge in [0.05, 0.1) is 5.75 Å². The van der Waals surface area contributed by atoms with Gasteiger partial charge in [-0.1, -0.05) is 6.92 Å². The van der Waals surface area contributed by atoms with Gasteiger partial charge in [0.25, 0.3) is 0 Å². The third-order valence-electron chi connectivity index (χ3n) is 2.99. The predicted molar refractivity (Wildman–Crippen MR) is 71.8 cm³/mol. The molecule has 1 rings (SSSR count). The highest BCUT2D eigenvalue weighted by Crippen LogP contribution is 2.27. The second-order valence-corrected chi connectivity index (χ2v) is 8.01. The van der Waals surface area contributed by atoms with Gasteiger partial charge in [-0.2, -0.15) is 11.8 Å². The second-order valence-electron chi connectivity index (χ2n) is 4.60. The molecule has 0 amide bonds. The van der Waals surface area contributed by atoms with Gasteiger partial charge in [0, 0.05) is 12.3 Å². The first-order valence-corrected chi connectivity index (χ1v) is 9.23. The summed E-state index contributed by atoms with van der Waals surface area (Å²) in [6.45, 7) is 3.14. The van der Waals surface area contributed by atoms with E-state index in [4.69, 9.17) is 0 Å². The summed E-state index contributed by atoms with van der Waals surface area (Å²) in [5.74, 6) is 3.40. The molecular weight excluding hydrogens is 242 g/mol. The Morgan fingerprint density at radius 1 is 1.50 bits per heavy atom. The van der Waals surface area contributed by atoms with Crippen LogP contribution in [0.5, 0.6) is 0 Å². The molecule has 0 aromatic rings. The smallest absolute Gasteiger partial charge is 0.147 e. The first kappa shape index (κ1) is 14.3. The standard InChI is InChI=1S/C11H23NO2S2/c1-3-6-12-11(5-8-16(2,13)14)10-4-7-15-9-10/h10-12H,3-9H2,1-2H3. The highest BCUT2D eigenvalue weighted by molar-refractivity contribution is 7.99. The van der Waals surface area contributed by atoms with Gasteiger partial charge in [-0.25, -0.2) is 8.42 Å². The lowest BCUT2D eigenvalue weighted by Gasteiger charge is -2.23. The van der Waals surface area contributed by atoms with Crippen LogP contribution < -0.4 is 5.32 Å². The van der Waals surface area contributed by atoms with Crippen molar-refractivity contribution in [3.05, 3.63) is 0 Å². The van der Waals surface area contributed by atoms with Gasteiger partial charge < -0.3 is 5.32 Å². The number of hydrogen-bond acceptors (Lipinski definition) is 4. The zero-order chi connectivity index (χ0) is 12.0. The lowest BCUT2D eigenvalue weighted by Crippen LogP contribution is -2.38. The van der Waals surface area contributed by atoms with E-state index in [0.29, 0.717) is 17.7 Å². The van der Waals surface area contributed by atoms with Crippen molar-refractivity contribution in [3.8, 4) is 0 Å². The quantitative estimate of drug-likeness (QED) is 0.758. The Balaban J connectivity index is 2.42. The van der Waals surface area contributed by atoms with E-state index in [9.17, 15) is 8.42 Å². The molecular formula is C11H23NO2S2. The molecule has 1 aliphatic heterocycles. The average molecular weight is 265 g/mol. The van der Waals surface area contributed by atoms with Crippen molar-refractivity contribution >= 4 is 21.6 Å². The largest absolute Gasteiger partial charge is 0.314 e. The molecule has 1 N–H and O–H groups in total. The number of thioether (sulfide) groups is 1. The Morgan fingerprint density at radius 2 is 2.25 bits per heavy atom. The second kappa shape index (κ2) is 6.87. The molecule has 5 heteroatoms. The van der Waals surface area contributed by atoms with Gasteiger partial charge >= 0.3 is 0 Å². The molecule has 1 aliphatic rings. The topological polar surface area (TPSA) is 46.2 Å². The van der Waals surface area contributed by atoms with Crippen molar-refractivity contribution in [2.24, 2.45) is 5.92 Å². The van der Waals surface area contributed by atoms with Crippen LogP contribution in [0.1, 0.15) is 26.2 Å². The van der Waals surface area contributed by atoms with E-state index >= 15 is 0 Å². The number of rotatable bonds is 7. The minimum absolute atomic E-state index is 0.315. The zero-order valence-corrected chi connectivity index (χ0v) is 11.9. The lowest BCUT2D eigenvalue weighted by molar-refractivity contribution is 0.373. The zero-order valence-electron chi connectivity index (χ0n) is 10.2. The maximum absolute atomic E-state index is 11.2. The highest BCUT2D eigenvalue weighted by Gasteiger charge is 2.25. The summed E-state index contributed by atoms with van der Waals surface area (Å²) in [6, 6.07) is 0.393. The van der Waals surface area contributed by atoms with Crippen molar-refractivity contribution in [3.63, 3.8) is 0 Å². The molecule has 96 valence electrons. The fourth-order valence-electron chi connectivity index (χ4n) is 2.05. The molecule has 0 saturated carbocycles. The van der Waals surface area contributed by atoms with E-state index in [-0.39, 0.29) is 0 Å². The van der Waals surface area contributed by atoms with Crippen molar-refractivity contribution in [1.29, 1.82) is 0 Å². The van der Waals surface area contributed by atoms with Crippen LogP contribution in [-0.4, -0.2) is 44.5 Å². The Morgan fingerprint density at radius 3 is 2.75 bits per heavy atom. The van der Waals surface area contributed by atoms with Crippen LogP contribution in [-0.2, 0) is 9.84 Å². The SMILES string of the molecule is CCCNC(CCS(C)(=O)=O)C1CCSC1. The first-order chi connectivity index (χ1) is 7.53. The number of hydrogen-bond donors (Lipinski definition) is 1. The summed E-state index contributed by atoms with van der Waals surface area (Å²) in [4.78, 5) is 0. The van der Waals surface area contributed by atoms with Gasteiger partial charge in [-0.15, -0.1) is 0 Å². The fourth-order valence-corrected chi connectivity index (χ4v) is 4.07. The molecule has 2 unspecified atom stereocenters. The Bertz CT molecular complexity index is 284. The summed E-state index contributed by atoms with van der Waals surface area (Å²) in [6.07, 6.45) is 4.43. The maximum Gasteiger partial charge on any atom is 0.147 e. The molecule has 3 nitrogen and oxygen atoms in total. The molecule has 0 aliphatic carbocycles. The van der Waals surface area contributed by atoms with Gasteiger partial charge in [0.1, 0.15) is 9.84 Å². The van der Waals surface area contributed by atoms with Gasteiger partial charge in [0.15, 0.2) is 0 Å². The Labute approximate surface area is 104 Å². The molecule has 1 heterocycles. The van der Waals surface area contributed by atoms with Gasteiger partial charge in [-0.3, -0.25) is 0 Å². The normalized spacial score (nSPS) is 23.5. The molecule has 16 heavy (non-hydrogen) atoms. The van der Waals surface area contributed by atoms with Crippen LogP contribution in [0.2, 0.25) is 0 Å². The maximum atomic E-state index is 11.2. The van der Waals surface area contributed by atoms with E-state index in [1.54, 1.807) is 0 Å². The Kier molecular flexibility index (Phi) is 6.15.